The number of benzene rings is 2. The van der Waals surface area contributed by atoms with Crippen LogP contribution in [-0.2, 0) is 6.61 Å². The SMILES string of the molecule is Cc1[nH]nc2c1[C@H](c1cc(Cl)c(OCc3ccccc3F)c(Cl)c1)C(C#N)=C(N)O2. The third-order valence-electron chi connectivity index (χ3n) is 4.81. The molecule has 4 rings (SSSR count). The molecule has 0 unspecified atom stereocenters. The van der Waals surface area contributed by atoms with Crippen LogP contribution in [0, 0.1) is 24.1 Å². The van der Waals surface area contributed by atoms with E-state index in [-0.39, 0.29) is 39.7 Å². The summed E-state index contributed by atoms with van der Waals surface area (Å²) in [6.07, 6.45) is 0. The van der Waals surface area contributed by atoms with Crippen molar-refractivity contribution >= 4 is 23.2 Å². The van der Waals surface area contributed by atoms with Crippen molar-refractivity contribution in [1.29, 1.82) is 5.26 Å². The van der Waals surface area contributed by atoms with Crippen molar-refractivity contribution in [2.45, 2.75) is 19.4 Å². The number of halogens is 3. The van der Waals surface area contributed by atoms with E-state index in [2.05, 4.69) is 16.3 Å². The maximum absolute atomic E-state index is 13.9. The van der Waals surface area contributed by atoms with Crippen molar-refractivity contribution in [3.63, 3.8) is 0 Å². The second-order valence-corrected chi connectivity index (χ2v) is 7.50. The van der Waals surface area contributed by atoms with Crippen molar-refractivity contribution in [2.75, 3.05) is 0 Å². The van der Waals surface area contributed by atoms with E-state index in [1.165, 1.54) is 6.07 Å². The Balaban J connectivity index is 1.72. The van der Waals surface area contributed by atoms with Crippen LogP contribution < -0.4 is 15.2 Å². The van der Waals surface area contributed by atoms with E-state index in [9.17, 15) is 9.65 Å². The van der Waals surface area contributed by atoms with E-state index in [4.69, 9.17) is 38.4 Å². The molecule has 1 aliphatic heterocycles. The van der Waals surface area contributed by atoms with Crippen LogP contribution in [-0.4, -0.2) is 10.2 Å². The van der Waals surface area contributed by atoms with Gasteiger partial charge >= 0.3 is 0 Å². The molecule has 0 saturated heterocycles. The van der Waals surface area contributed by atoms with Gasteiger partial charge in [-0.2, -0.15) is 5.26 Å². The van der Waals surface area contributed by atoms with E-state index in [1.54, 1.807) is 30.3 Å². The molecule has 0 radical (unpaired) electrons. The third-order valence-corrected chi connectivity index (χ3v) is 5.37. The van der Waals surface area contributed by atoms with Gasteiger partial charge in [-0.1, -0.05) is 41.4 Å². The van der Waals surface area contributed by atoms with Gasteiger partial charge in [0.1, 0.15) is 24.1 Å². The highest BCUT2D eigenvalue weighted by molar-refractivity contribution is 6.37. The molecule has 1 atom stereocenters. The third kappa shape index (κ3) is 3.45. The molecule has 152 valence electrons. The number of aromatic amines is 1. The quantitative estimate of drug-likeness (QED) is 0.592. The van der Waals surface area contributed by atoms with Crippen LogP contribution >= 0.6 is 23.2 Å². The van der Waals surface area contributed by atoms with E-state index in [0.717, 1.165) is 5.69 Å². The number of aromatic nitrogens is 2. The minimum Gasteiger partial charge on any atom is -0.486 e. The van der Waals surface area contributed by atoms with Crippen molar-refractivity contribution in [2.24, 2.45) is 5.73 Å². The Labute approximate surface area is 181 Å². The number of H-pyrrole nitrogens is 1. The van der Waals surface area contributed by atoms with Crippen LogP contribution in [0.1, 0.15) is 28.3 Å². The van der Waals surface area contributed by atoms with Gasteiger partial charge in [-0.05, 0) is 30.7 Å². The van der Waals surface area contributed by atoms with Crippen molar-refractivity contribution < 1.29 is 13.9 Å². The molecular formula is C21H15Cl2FN4O2. The van der Waals surface area contributed by atoms with Gasteiger partial charge in [-0.15, -0.1) is 5.10 Å². The van der Waals surface area contributed by atoms with E-state index < -0.39 is 5.92 Å². The number of hydrogen-bond acceptors (Lipinski definition) is 5. The molecule has 0 spiro atoms. The van der Waals surface area contributed by atoms with Crippen molar-refractivity contribution in [1.82, 2.24) is 10.2 Å². The summed E-state index contributed by atoms with van der Waals surface area (Å²) in [5, 5.41) is 17.0. The summed E-state index contributed by atoms with van der Waals surface area (Å²) < 4.78 is 25.0. The molecule has 9 heteroatoms. The van der Waals surface area contributed by atoms with Gasteiger partial charge in [-0.3, -0.25) is 5.10 Å². The Hall–Kier alpha value is -3.21. The molecule has 1 aromatic heterocycles. The number of nitriles is 1. The lowest BCUT2D eigenvalue weighted by Gasteiger charge is -2.24. The second-order valence-electron chi connectivity index (χ2n) is 6.69. The lowest BCUT2D eigenvalue weighted by molar-refractivity contribution is 0.300. The molecule has 6 nitrogen and oxygen atoms in total. The fourth-order valence-corrected chi connectivity index (χ4v) is 3.99. The molecule has 30 heavy (non-hydrogen) atoms. The number of nitrogens with zero attached hydrogens (tertiary/aromatic N) is 2. The van der Waals surface area contributed by atoms with Crippen LogP contribution in [0.3, 0.4) is 0 Å². The van der Waals surface area contributed by atoms with Gasteiger partial charge in [0, 0.05) is 16.8 Å². The fraction of sp³-hybridized carbons (Fsp3) is 0.143. The lowest BCUT2D eigenvalue weighted by atomic mass is 9.84. The van der Waals surface area contributed by atoms with Gasteiger partial charge in [-0.25, -0.2) is 4.39 Å². The summed E-state index contributed by atoms with van der Waals surface area (Å²) in [5.74, 6) is -0.467. The Morgan fingerprint density at radius 1 is 1.30 bits per heavy atom. The van der Waals surface area contributed by atoms with Crippen LogP contribution in [0.4, 0.5) is 4.39 Å². The first kappa shape index (κ1) is 20.1. The smallest absolute Gasteiger partial charge is 0.244 e. The highest BCUT2D eigenvalue weighted by Crippen LogP contribution is 2.45. The first-order valence-corrected chi connectivity index (χ1v) is 9.64. The fourth-order valence-electron chi connectivity index (χ4n) is 3.38. The van der Waals surface area contributed by atoms with Crippen LogP contribution in [0.25, 0.3) is 0 Å². The van der Waals surface area contributed by atoms with E-state index >= 15 is 0 Å². The zero-order valence-corrected chi connectivity index (χ0v) is 17.2. The van der Waals surface area contributed by atoms with Gasteiger partial charge in [0.25, 0.3) is 0 Å². The van der Waals surface area contributed by atoms with E-state index in [1.807, 2.05) is 6.92 Å². The number of hydrogen-bond donors (Lipinski definition) is 2. The van der Waals surface area contributed by atoms with Crippen molar-refractivity contribution in [3.05, 3.63) is 86.1 Å². The van der Waals surface area contributed by atoms with Crippen molar-refractivity contribution in [3.8, 4) is 17.7 Å². The Bertz CT molecular complexity index is 1190. The van der Waals surface area contributed by atoms with E-state index in [0.29, 0.717) is 22.6 Å². The minimum absolute atomic E-state index is 0.0337. The average Bonchev–Trinajstić information content (AvgIpc) is 3.07. The van der Waals surface area contributed by atoms with Gasteiger partial charge < -0.3 is 15.2 Å². The topological polar surface area (TPSA) is 97.0 Å². The molecule has 0 bridgehead atoms. The van der Waals surface area contributed by atoms with Crippen LogP contribution in [0.15, 0.2) is 47.9 Å². The van der Waals surface area contributed by atoms with Gasteiger partial charge in [0.2, 0.25) is 11.8 Å². The highest BCUT2D eigenvalue weighted by atomic mass is 35.5. The average molecular weight is 445 g/mol. The number of nitrogens with one attached hydrogen (secondary N) is 1. The predicted octanol–water partition coefficient (Wildman–Crippen LogP) is 4.96. The highest BCUT2D eigenvalue weighted by Gasteiger charge is 2.35. The molecule has 1 aliphatic rings. The molecule has 3 N–H and O–H groups in total. The lowest BCUT2D eigenvalue weighted by Crippen LogP contribution is -2.21. The number of fused-ring (bicyclic) bond motifs is 1. The maximum Gasteiger partial charge on any atom is 0.244 e. The summed E-state index contributed by atoms with van der Waals surface area (Å²) in [7, 11) is 0. The summed E-state index contributed by atoms with van der Waals surface area (Å²) in [6, 6.07) is 11.6. The Kier molecular flexibility index (Phi) is 5.29. The summed E-state index contributed by atoms with van der Waals surface area (Å²) in [4.78, 5) is 0. The summed E-state index contributed by atoms with van der Waals surface area (Å²) in [6.45, 7) is 1.78. The van der Waals surface area contributed by atoms with Crippen LogP contribution in [0.2, 0.25) is 10.0 Å². The molecule has 0 saturated carbocycles. The number of nitrogens with two attached hydrogens (primary N) is 1. The molecule has 2 aromatic carbocycles. The Morgan fingerprint density at radius 2 is 2.00 bits per heavy atom. The molecular weight excluding hydrogens is 430 g/mol. The number of ether oxygens (including phenoxy) is 2. The monoisotopic (exact) mass is 444 g/mol. The van der Waals surface area contributed by atoms with Gasteiger partial charge in [0.15, 0.2) is 5.75 Å². The van der Waals surface area contributed by atoms with Crippen LogP contribution in [0.5, 0.6) is 11.6 Å². The first-order valence-electron chi connectivity index (χ1n) is 8.88. The maximum atomic E-state index is 13.9. The molecule has 3 aromatic rings. The standard InChI is InChI=1S/C21H15Cl2FN4O2/c1-10-17-18(13(8-25)20(26)30-21(17)28-27-10)12-6-14(22)19(15(23)7-12)29-9-11-4-2-3-5-16(11)24/h2-7,18H,9,26H2,1H3,(H,27,28)/t18-/m1/s1. The summed E-state index contributed by atoms with van der Waals surface area (Å²) in [5.41, 5.74) is 8.54. The largest absolute Gasteiger partial charge is 0.486 e. The number of rotatable bonds is 4. The van der Waals surface area contributed by atoms with Gasteiger partial charge in [0.05, 0.1) is 16.0 Å². The number of aryl methyl sites for hydroxylation is 1. The zero-order chi connectivity index (χ0) is 21.4. The molecule has 2 heterocycles. The molecule has 0 amide bonds. The molecule has 0 fully saturated rings. The summed E-state index contributed by atoms with van der Waals surface area (Å²) >= 11 is 12.9. The minimum atomic E-state index is -0.562. The second kappa shape index (κ2) is 7.90. The predicted molar refractivity (Wildman–Crippen MR) is 110 cm³/mol. The number of allylic oxidation sites excluding steroid dienone is 1. The zero-order valence-electron chi connectivity index (χ0n) is 15.7. The first-order chi connectivity index (χ1) is 14.4. The Morgan fingerprint density at radius 3 is 2.67 bits per heavy atom. The molecule has 0 aliphatic carbocycles. The normalized spacial score (nSPS) is 15.4.